The summed E-state index contributed by atoms with van der Waals surface area (Å²) < 4.78 is 6.73. The number of anilines is 1. The zero-order valence-electron chi connectivity index (χ0n) is 13.8. The van der Waals surface area contributed by atoms with Crippen LogP contribution in [0, 0.1) is 5.41 Å². The Bertz CT molecular complexity index is 976. The van der Waals surface area contributed by atoms with Gasteiger partial charge in [-0.3, -0.25) is 10.2 Å². The first-order valence-corrected chi connectivity index (χ1v) is 7.74. The Balaban J connectivity index is 0.00000261. The van der Waals surface area contributed by atoms with Gasteiger partial charge < -0.3 is 16.2 Å². The number of aromatic nitrogens is 2. The average molecular weight is 363 g/mol. The van der Waals surface area contributed by atoms with Crippen molar-refractivity contribution in [2.24, 2.45) is 5.73 Å². The minimum absolute atomic E-state index is 0. The minimum atomic E-state index is -0.500. The molecule has 0 unspecified atom stereocenters. The van der Waals surface area contributed by atoms with E-state index in [2.05, 4.69) is 11.7 Å². The van der Waals surface area contributed by atoms with Gasteiger partial charge in [0.25, 0.3) is 5.91 Å². The molecule has 0 radical (unpaired) electrons. The zero-order valence-corrected chi connectivity index (χ0v) is 13.8. The first-order chi connectivity index (χ1) is 12.5. The van der Waals surface area contributed by atoms with E-state index in [1.165, 1.54) is 0 Å². The van der Waals surface area contributed by atoms with E-state index in [0.717, 1.165) is 16.5 Å². The van der Waals surface area contributed by atoms with Crippen LogP contribution in [-0.2, 0) is 0 Å². The second-order valence-electron chi connectivity index (χ2n) is 5.42. The third kappa shape index (κ3) is 3.87. The molecule has 0 bridgehead atoms. The topological polar surface area (TPSA) is 120 Å². The fourth-order valence-corrected chi connectivity index (χ4v) is 2.46. The van der Waals surface area contributed by atoms with Gasteiger partial charge in [-0.25, -0.2) is 0 Å². The second-order valence-corrected chi connectivity index (χ2v) is 5.42. The van der Waals surface area contributed by atoms with Crippen LogP contribution < -0.4 is 16.2 Å². The predicted molar refractivity (Wildman–Crippen MR) is 107 cm³/mol. The maximum absolute atomic E-state index is 11.9. The lowest BCUT2D eigenvalue weighted by atomic mass is 10.1. The van der Waals surface area contributed by atoms with Crippen molar-refractivity contribution < 1.29 is 9.53 Å². The molecule has 0 saturated carbocycles. The highest BCUT2D eigenvalue weighted by Gasteiger charge is 2.21. The van der Waals surface area contributed by atoms with Crippen LogP contribution in [0.2, 0.25) is 0 Å². The van der Waals surface area contributed by atoms with Crippen molar-refractivity contribution in [3.63, 3.8) is 0 Å². The number of hydrogen-bond donors (Lipinski definition) is 3. The third-order valence-electron chi connectivity index (χ3n) is 3.68. The van der Waals surface area contributed by atoms with Crippen LogP contribution in [0.1, 0.15) is 17.8 Å². The van der Waals surface area contributed by atoms with Crippen LogP contribution >= 0.6 is 0 Å². The number of rotatable bonds is 5. The molecule has 5 N–H and O–H groups in total. The summed E-state index contributed by atoms with van der Waals surface area (Å²) in [7, 11) is 0. The highest BCUT2D eigenvalue weighted by Crippen LogP contribution is 2.29. The quantitative estimate of drug-likeness (QED) is 0.363. The number of allylic oxidation sites excluding steroid dienone is 1. The van der Waals surface area contributed by atoms with Crippen LogP contribution in [0.4, 0.5) is 5.82 Å². The standard InChI is InChI=1S/C19H17N5O2.CH4/c1-2-15(25)24-19(22)16(18(20)21)17(23-24)12-8-10-14(11-9-12)26-13-6-4-3-5-7-13;/h2-11H,1,22H2,(H3,20,21);1H4. The number of ether oxygens (including phenoxy) is 1. The van der Waals surface area contributed by atoms with Gasteiger partial charge in [-0.1, -0.05) is 32.2 Å². The van der Waals surface area contributed by atoms with E-state index in [1.807, 2.05) is 30.3 Å². The summed E-state index contributed by atoms with van der Waals surface area (Å²) in [6.07, 6.45) is 1.09. The molecule has 3 rings (SSSR count). The van der Waals surface area contributed by atoms with Crippen LogP contribution in [0.25, 0.3) is 11.3 Å². The summed E-state index contributed by atoms with van der Waals surface area (Å²) in [5, 5.41) is 11.9. The van der Waals surface area contributed by atoms with E-state index in [-0.39, 0.29) is 24.6 Å². The molecular formula is C20H21N5O2. The molecule has 0 aliphatic carbocycles. The molecule has 3 aromatic rings. The van der Waals surface area contributed by atoms with E-state index in [1.54, 1.807) is 24.3 Å². The highest BCUT2D eigenvalue weighted by molar-refractivity contribution is 6.07. The van der Waals surface area contributed by atoms with Gasteiger partial charge in [0, 0.05) is 5.56 Å². The van der Waals surface area contributed by atoms with Gasteiger partial charge in [0.2, 0.25) is 0 Å². The Morgan fingerprint density at radius 2 is 1.70 bits per heavy atom. The number of benzene rings is 2. The molecule has 7 nitrogen and oxygen atoms in total. The van der Waals surface area contributed by atoms with Crippen molar-refractivity contribution in [1.29, 1.82) is 5.41 Å². The van der Waals surface area contributed by atoms with Crippen molar-refractivity contribution >= 4 is 17.6 Å². The number of nitrogens with one attached hydrogen (secondary N) is 1. The molecule has 0 aliphatic heterocycles. The number of nitrogens with two attached hydrogens (primary N) is 2. The normalized spacial score (nSPS) is 9.93. The number of carbonyl (C=O) groups excluding carboxylic acids is 1. The minimum Gasteiger partial charge on any atom is -0.457 e. The van der Waals surface area contributed by atoms with E-state index >= 15 is 0 Å². The van der Waals surface area contributed by atoms with Crippen molar-refractivity contribution in [2.45, 2.75) is 7.43 Å². The Morgan fingerprint density at radius 1 is 1.11 bits per heavy atom. The van der Waals surface area contributed by atoms with E-state index in [4.69, 9.17) is 21.6 Å². The highest BCUT2D eigenvalue weighted by atomic mass is 16.5. The Labute approximate surface area is 157 Å². The molecular weight excluding hydrogens is 342 g/mol. The molecule has 0 atom stereocenters. The maximum Gasteiger partial charge on any atom is 0.272 e. The first kappa shape index (κ1) is 19.5. The number of carbonyl (C=O) groups is 1. The summed E-state index contributed by atoms with van der Waals surface area (Å²) in [4.78, 5) is 11.9. The SMILES string of the molecule is C.C=CC(=O)n1nc(-c2ccc(Oc3ccccc3)cc2)c(C(=N)N)c1N. The second kappa shape index (κ2) is 8.01. The Morgan fingerprint density at radius 3 is 2.26 bits per heavy atom. The lowest BCUT2D eigenvalue weighted by Gasteiger charge is -2.06. The van der Waals surface area contributed by atoms with Gasteiger partial charge in [0.1, 0.15) is 28.8 Å². The Hall–Kier alpha value is -3.87. The monoisotopic (exact) mass is 363 g/mol. The maximum atomic E-state index is 11.9. The lowest BCUT2D eigenvalue weighted by Crippen LogP contribution is -2.16. The fourth-order valence-electron chi connectivity index (χ4n) is 2.46. The van der Waals surface area contributed by atoms with E-state index < -0.39 is 5.91 Å². The van der Waals surface area contributed by atoms with Gasteiger partial charge in [-0.15, -0.1) is 0 Å². The van der Waals surface area contributed by atoms with E-state index in [9.17, 15) is 4.79 Å². The molecule has 2 aromatic carbocycles. The smallest absolute Gasteiger partial charge is 0.272 e. The third-order valence-corrected chi connectivity index (χ3v) is 3.68. The van der Waals surface area contributed by atoms with Crippen molar-refractivity contribution in [1.82, 2.24) is 9.78 Å². The summed E-state index contributed by atoms with van der Waals surface area (Å²) in [5.74, 6) is 0.584. The number of para-hydroxylation sites is 1. The van der Waals surface area contributed by atoms with Gasteiger partial charge in [0.15, 0.2) is 0 Å². The van der Waals surface area contributed by atoms with Crippen molar-refractivity contribution in [2.75, 3.05) is 5.73 Å². The fraction of sp³-hybridized carbons (Fsp3) is 0.0500. The first-order valence-electron chi connectivity index (χ1n) is 7.74. The number of amidine groups is 1. The molecule has 0 aliphatic rings. The molecule has 0 saturated heterocycles. The van der Waals surface area contributed by atoms with Crippen molar-refractivity contribution in [3.05, 3.63) is 72.8 Å². The van der Waals surface area contributed by atoms with Crippen LogP contribution in [0.3, 0.4) is 0 Å². The van der Waals surface area contributed by atoms with Gasteiger partial charge in [-0.2, -0.15) is 9.78 Å². The number of nitrogen functional groups attached to an aromatic ring is 2. The summed E-state index contributed by atoms with van der Waals surface area (Å²) in [6.45, 7) is 3.42. The molecule has 1 aromatic heterocycles. The molecule has 0 fully saturated rings. The number of hydrogen-bond acceptors (Lipinski definition) is 5. The zero-order chi connectivity index (χ0) is 18.7. The largest absolute Gasteiger partial charge is 0.457 e. The molecule has 27 heavy (non-hydrogen) atoms. The predicted octanol–water partition coefficient (Wildman–Crippen LogP) is 3.67. The summed E-state index contributed by atoms with van der Waals surface area (Å²) >= 11 is 0. The van der Waals surface area contributed by atoms with Gasteiger partial charge >= 0.3 is 0 Å². The molecule has 0 amide bonds. The molecule has 7 heteroatoms. The summed E-state index contributed by atoms with van der Waals surface area (Å²) in [6, 6.07) is 16.4. The average Bonchev–Trinajstić information content (AvgIpc) is 3.00. The number of nitrogens with zero attached hydrogens (tertiary/aromatic N) is 2. The Kier molecular flexibility index (Phi) is 5.77. The molecule has 0 spiro atoms. The lowest BCUT2D eigenvalue weighted by molar-refractivity contribution is 0.0957. The van der Waals surface area contributed by atoms with Crippen LogP contribution in [0.15, 0.2) is 67.3 Å². The van der Waals surface area contributed by atoms with Gasteiger partial charge in [0.05, 0.1) is 5.56 Å². The van der Waals surface area contributed by atoms with Crippen LogP contribution in [-0.4, -0.2) is 21.5 Å². The van der Waals surface area contributed by atoms with Crippen LogP contribution in [0.5, 0.6) is 11.5 Å². The molecule has 138 valence electrons. The van der Waals surface area contributed by atoms with Crippen molar-refractivity contribution in [3.8, 4) is 22.8 Å². The van der Waals surface area contributed by atoms with E-state index in [0.29, 0.717) is 17.0 Å². The molecule has 1 heterocycles. The van der Waals surface area contributed by atoms with Gasteiger partial charge in [-0.05, 0) is 42.5 Å². The summed E-state index contributed by atoms with van der Waals surface area (Å²) in [5.41, 5.74) is 12.8.